The molecule has 1 aliphatic heterocycles. The van der Waals surface area contributed by atoms with E-state index in [-0.39, 0.29) is 24.6 Å². The summed E-state index contributed by atoms with van der Waals surface area (Å²) < 4.78 is 5.36. The summed E-state index contributed by atoms with van der Waals surface area (Å²) in [6.45, 7) is 5.79. The number of benzene rings is 1. The number of ether oxygens (including phenoxy) is 1. The van der Waals surface area contributed by atoms with Crippen molar-refractivity contribution in [3.63, 3.8) is 0 Å². The molecule has 1 atom stereocenters. The zero-order valence-corrected chi connectivity index (χ0v) is 14.5. The molecule has 1 fully saturated rings. The van der Waals surface area contributed by atoms with Crippen molar-refractivity contribution in [2.24, 2.45) is 5.73 Å². The van der Waals surface area contributed by atoms with Crippen LogP contribution in [0.25, 0.3) is 0 Å². The number of hydrogen-bond acceptors (Lipinski definition) is 4. The summed E-state index contributed by atoms with van der Waals surface area (Å²) in [5.41, 5.74) is 6.69. The monoisotopic (exact) mass is 333 g/mol. The van der Waals surface area contributed by atoms with Gasteiger partial charge in [-0.3, -0.25) is 4.79 Å². The number of piperidine rings is 1. The second-order valence-corrected chi connectivity index (χ2v) is 6.17. The van der Waals surface area contributed by atoms with Gasteiger partial charge in [0.15, 0.2) is 0 Å². The summed E-state index contributed by atoms with van der Waals surface area (Å²) in [7, 11) is 0. The fourth-order valence-corrected chi connectivity index (χ4v) is 3.03. The Morgan fingerprint density at radius 3 is 2.46 bits per heavy atom. The van der Waals surface area contributed by atoms with Gasteiger partial charge in [-0.05, 0) is 32.3 Å². The molecule has 0 radical (unpaired) electrons. The van der Waals surface area contributed by atoms with Crippen LogP contribution in [0.5, 0.6) is 0 Å². The molecule has 1 aliphatic rings. The van der Waals surface area contributed by atoms with Gasteiger partial charge in [-0.2, -0.15) is 0 Å². The average molecular weight is 333 g/mol. The molecule has 0 bridgehead atoms. The second-order valence-electron chi connectivity index (χ2n) is 6.17. The number of amides is 2. The maximum absolute atomic E-state index is 12.2. The maximum Gasteiger partial charge on any atom is 0.410 e. The summed E-state index contributed by atoms with van der Waals surface area (Å²) in [5, 5.41) is 0. The van der Waals surface area contributed by atoms with Crippen LogP contribution in [0.3, 0.4) is 0 Å². The van der Waals surface area contributed by atoms with Gasteiger partial charge in [-0.25, -0.2) is 4.79 Å². The van der Waals surface area contributed by atoms with Gasteiger partial charge in [0.2, 0.25) is 5.91 Å². The normalized spacial score (nSPS) is 16.5. The Bertz CT molecular complexity index is 540. The molecular weight excluding hydrogens is 306 g/mol. The van der Waals surface area contributed by atoms with Gasteiger partial charge >= 0.3 is 6.09 Å². The van der Waals surface area contributed by atoms with Gasteiger partial charge < -0.3 is 20.3 Å². The maximum atomic E-state index is 12.2. The summed E-state index contributed by atoms with van der Waals surface area (Å²) in [6.07, 6.45) is 1.22. The fourth-order valence-electron chi connectivity index (χ4n) is 3.03. The van der Waals surface area contributed by atoms with Gasteiger partial charge in [0.05, 0.1) is 6.04 Å². The summed E-state index contributed by atoms with van der Waals surface area (Å²) >= 11 is 0. The average Bonchev–Trinajstić information content (AvgIpc) is 2.61. The first kappa shape index (κ1) is 18.3. The molecule has 0 aromatic heterocycles. The van der Waals surface area contributed by atoms with Crippen molar-refractivity contribution in [1.29, 1.82) is 0 Å². The summed E-state index contributed by atoms with van der Waals surface area (Å²) in [4.78, 5) is 27.8. The Hall–Kier alpha value is -2.08. The Balaban J connectivity index is 1.81. The smallest absolute Gasteiger partial charge is 0.410 e. The largest absolute Gasteiger partial charge is 0.445 e. The Morgan fingerprint density at radius 1 is 1.29 bits per heavy atom. The molecule has 0 aliphatic carbocycles. The van der Waals surface area contributed by atoms with Gasteiger partial charge in [0, 0.05) is 25.7 Å². The molecule has 1 saturated heterocycles. The molecule has 0 saturated carbocycles. The zero-order chi connectivity index (χ0) is 17.5. The molecule has 2 N–H and O–H groups in total. The van der Waals surface area contributed by atoms with E-state index >= 15 is 0 Å². The van der Waals surface area contributed by atoms with E-state index < -0.39 is 6.04 Å². The lowest BCUT2D eigenvalue weighted by molar-refractivity contribution is -0.135. The Labute approximate surface area is 143 Å². The molecule has 2 amide bonds. The highest BCUT2D eigenvalue weighted by Crippen LogP contribution is 2.18. The van der Waals surface area contributed by atoms with Crippen LogP contribution in [0.15, 0.2) is 30.3 Å². The first-order chi connectivity index (χ1) is 11.5. The van der Waals surface area contributed by atoms with E-state index in [1.807, 2.05) is 42.2 Å². The van der Waals surface area contributed by atoms with Crippen molar-refractivity contribution in [1.82, 2.24) is 9.80 Å². The first-order valence-electron chi connectivity index (χ1n) is 8.54. The highest BCUT2D eigenvalue weighted by atomic mass is 16.6. The molecular formula is C18H27N3O3. The molecule has 1 aromatic rings. The van der Waals surface area contributed by atoms with E-state index in [2.05, 4.69) is 0 Å². The van der Waals surface area contributed by atoms with Gasteiger partial charge in [0.1, 0.15) is 6.61 Å². The number of nitrogens with zero attached hydrogens (tertiary/aromatic N) is 2. The molecule has 2 rings (SSSR count). The second kappa shape index (κ2) is 8.68. The number of nitrogens with two attached hydrogens (primary N) is 1. The predicted molar refractivity (Wildman–Crippen MR) is 92.3 cm³/mol. The SMILES string of the molecule is CCN(C(=O)[C@H](C)N)C1CCN(C(=O)OCc2ccccc2)CC1. The minimum Gasteiger partial charge on any atom is -0.445 e. The Kier molecular flexibility index (Phi) is 6.61. The summed E-state index contributed by atoms with van der Waals surface area (Å²) in [5.74, 6) is -0.0254. The summed E-state index contributed by atoms with van der Waals surface area (Å²) in [6, 6.07) is 9.29. The van der Waals surface area contributed by atoms with Crippen LogP contribution in [-0.2, 0) is 16.1 Å². The van der Waals surface area contributed by atoms with Crippen molar-refractivity contribution in [3.8, 4) is 0 Å². The van der Waals surface area contributed by atoms with E-state index in [1.54, 1.807) is 11.8 Å². The minimum absolute atomic E-state index is 0.0254. The molecule has 0 spiro atoms. The first-order valence-corrected chi connectivity index (χ1v) is 8.54. The van der Waals surface area contributed by atoms with Crippen molar-refractivity contribution in [2.45, 2.75) is 45.4 Å². The van der Waals surface area contributed by atoms with Crippen molar-refractivity contribution >= 4 is 12.0 Å². The van der Waals surface area contributed by atoms with E-state index in [0.29, 0.717) is 19.6 Å². The highest BCUT2D eigenvalue weighted by Gasteiger charge is 2.30. The topological polar surface area (TPSA) is 75.9 Å². The van der Waals surface area contributed by atoms with E-state index in [1.165, 1.54) is 0 Å². The lowest BCUT2D eigenvalue weighted by atomic mass is 10.0. The number of likely N-dealkylation sites (N-methyl/N-ethyl adjacent to an activating group) is 1. The van der Waals surface area contributed by atoms with Crippen LogP contribution in [-0.4, -0.2) is 53.5 Å². The quantitative estimate of drug-likeness (QED) is 0.894. The minimum atomic E-state index is -0.487. The predicted octanol–water partition coefficient (Wildman–Crippen LogP) is 1.98. The van der Waals surface area contributed by atoms with E-state index in [9.17, 15) is 9.59 Å². The molecule has 24 heavy (non-hydrogen) atoms. The van der Waals surface area contributed by atoms with Gasteiger partial charge in [-0.15, -0.1) is 0 Å². The third-order valence-electron chi connectivity index (χ3n) is 4.38. The number of hydrogen-bond donors (Lipinski definition) is 1. The number of carbonyl (C=O) groups is 2. The molecule has 6 nitrogen and oxygen atoms in total. The standard InChI is InChI=1S/C18H27N3O3/c1-3-21(17(22)14(2)19)16-9-11-20(12-10-16)18(23)24-13-15-7-5-4-6-8-15/h4-8,14,16H,3,9-13,19H2,1-2H3/t14-/m0/s1. The van der Waals surface area contributed by atoms with E-state index in [0.717, 1.165) is 18.4 Å². The van der Waals surface area contributed by atoms with Crippen molar-refractivity contribution in [2.75, 3.05) is 19.6 Å². The van der Waals surface area contributed by atoms with Crippen LogP contribution in [0, 0.1) is 0 Å². The van der Waals surface area contributed by atoms with Crippen LogP contribution < -0.4 is 5.73 Å². The number of rotatable bonds is 5. The molecule has 132 valence electrons. The molecule has 6 heteroatoms. The lowest BCUT2D eigenvalue weighted by Gasteiger charge is -2.38. The van der Waals surface area contributed by atoms with Gasteiger partial charge in [0.25, 0.3) is 0 Å². The van der Waals surface area contributed by atoms with E-state index in [4.69, 9.17) is 10.5 Å². The molecule has 1 heterocycles. The van der Waals surface area contributed by atoms with Crippen LogP contribution >= 0.6 is 0 Å². The third-order valence-corrected chi connectivity index (χ3v) is 4.38. The van der Waals surface area contributed by atoms with Crippen LogP contribution in [0.4, 0.5) is 4.79 Å². The molecule has 1 aromatic carbocycles. The molecule has 0 unspecified atom stereocenters. The number of carbonyl (C=O) groups excluding carboxylic acids is 2. The zero-order valence-electron chi connectivity index (χ0n) is 14.5. The van der Waals surface area contributed by atoms with Gasteiger partial charge in [-0.1, -0.05) is 30.3 Å². The fraction of sp³-hybridized carbons (Fsp3) is 0.556. The Morgan fingerprint density at radius 2 is 1.92 bits per heavy atom. The van der Waals surface area contributed by atoms with Crippen molar-refractivity contribution < 1.29 is 14.3 Å². The lowest BCUT2D eigenvalue weighted by Crippen LogP contribution is -2.52. The van der Waals surface area contributed by atoms with Crippen molar-refractivity contribution in [3.05, 3.63) is 35.9 Å². The highest BCUT2D eigenvalue weighted by molar-refractivity contribution is 5.81. The van der Waals surface area contributed by atoms with Crippen LogP contribution in [0.1, 0.15) is 32.3 Å². The van der Waals surface area contributed by atoms with Crippen LogP contribution in [0.2, 0.25) is 0 Å². The third kappa shape index (κ3) is 4.71. The number of likely N-dealkylation sites (tertiary alicyclic amines) is 1.